The molecule has 1 aliphatic heterocycles. The first kappa shape index (κ1) is 26.0. The zero-order valence-corrected chi connectivity index (χ0v) is 23.1. The van der Waals surface area contributed by atoms with E-state index in [1.54, 1.807) is 29.3 Å². The Morgan fingerprint density at radius 2 is 2.00 bits per heavy atom. The number of rotatable bonds is 9. The second-order valence-electron chi connectivity index (χ2n) is 10.7. The molecular formula is C27H28Cl2N6O4. The highest BCUT2D eigenvalue weighted by Gasteiger charge is 2.56. The Morgan fingerprint density at radius 3 is 2.72 bits per heavy atom. The van der Waals surface area contributed by atoms with Gasteiger partial charge in [0.05, 0.1) is 5.52 Å². The van der Waals surface area contributed by atoms with E-state index in [-0.39, 0.29) is 48.4 Å². The standard InChI is InChI=1S/C27H28Cl2N6O4/c1-14-5-6-30-23(32-14)13-39-18-3-4-20-19(9-18)25(15(2)36)33-34(20)12-24(37)35-21-7-16(21)8-22(35)26(38)31-11-17-10-27(17,28)29/h3-6,9,16-17,21-22H,7-8,10-13H2,1-2H3,(H,31,38)/t16-,17-,21-,22+/m1/s1. The van der Waals surface area contributed by atoms with Crippen LogP contribution in [-0.4, -0.2) is 65.2 Å². The predicted octanol–water partition coefficient (Wildman–Crippen LogP) is 3.22. The van der Waals surface area contributed by atoms with Gasteiger partial charge in [-0.3, -0.25) is 19.1 Å². The molecule has 0 unspecified atom stereocenters. The van der Waals surface area contributed by atoms with E-state index in [0.717, 1.165) is 12.1 Å². The molecule has 2 saturated carbocycles. The molecule has 3 aliphatic rings. The summed E-state index contributed by atoms with van der Waals surface area (Å²) < 4.78 is 6.63. The fourth-order valence-electron chi connectivity index (χ4n) is 5.44. The highest BCUT2D eigenvalue weighted by molar-refractivity contribution is 6.50. The molecule has 2 aliphatic carbocycles. The van der Waals surface area contributed by atoms with Crippen molar-refractivity contribution in [2.24, 2.45) is 11.8 Å². The van der Waals surface area contributed by atoms with E-state index in [4.69, 9.17) is 27.9 Å². The third-order valence-electron chi connectivity index (χ3n) is 7.73. The van der Waals surface area contributed by atoms with Gasteiger partial charge < -0.3 is 15.0 Å². The average molecular weight is 571 g/mol. The van der Waals surface area contributed by atoms with Crippen molar-refractivity contribution < 1.29 is 19.1 Å². The van der Waals surface area contributed by atoms with Gasteiger partial charge in [-0.05, 0) is 56.4 Å². The van der Waals surface area contributed by atoms with Crippen molar-refractivity contribution in [3.63, 3.8) is 0 Å². The van der Waals surface area contributed by atoms with Crippen molar-refractivity contribution in [3.05, 3.63) is 47.7 Å². The molecule has 0 bridgehead atoms. The van der Waals surface area contributed by atoms with Gasteiger partial charge in [0.25, 0.3) is 0 Å². The number of carbonyl (C=O) groups is 3. The fraction of sp³-hybridized carbons (Fsp3) is 0.481. The molecule has 2 amide bonds. The van der Waals surface area contributed by atoms with Gasteiger partial charge in [0.2, 0.25) is 11.8 Å². The maximum absolute atomic E-state index is 13.5. The minimum Gasteiger partial charge on any atom is -0.486 e. The number of aryl methyl sites for hydroxylation is 1. The molecule has 3 fully saturated rings. The highest BCUT2D eigenvalue weighted by Crippen LogP contribution is 2.53. The molecule has 39 heavy (non-hydrogen) atoms. The van der Waals surface area contributed by atoms with Gasteiger partial charge in [0, 0.05) is 42.7 Å². The van der Waals surface area contributed by atoms with Gasteiger partial charge in [0.15, 0.2) is 11.6 Å². The summed E-state index contributed by atoms with van der Waals surface area (Å²) in [5, 5.41) is 7.99. The molecule has 1 N–H and O–H groups in total. The normalized spacial score (nSPS) is 24.4. The topological polar surface area (TPSA) is 119 Å². The molecule has 3 heterocycles. The molecule has 6 rings (SSSR count). The second-order valence-corrected chi connectivity index (χ2v) is 12.2. The molecule has 2 aromatic heterocycles. The number of alkyl halides is 2. The van der Waals surface area contributed by atoms with Crippen LogP contribution in [0, 0.1) is 18.8 Å². The minimum atomic E-state index is -0.768. The summed E-state index contributed by atoms with van der Waals surface area (Å²) in [5.74, 6) is 0.848. The van der Waals surface area contributed by atoms with Crippen LogP contribution in [-0.2, 0) is 22.7 Å². The maximum Gasteiger partial charge on any atom is 0.245 e. The third kappa shape index (κ3) is 5.19. The first-order valence-corrected chi connectivity index (χ1v) is 13.8. The number of nitrogens with zero attached hydrogens (tertiary/aromatic N) is 5. The van der Waals surface area contributed by atoms with Gasteiger partial charge in [-0.1, -0.05) is 0 Å². The number of aromatic nitrogens is 4. The Bertz CT molecular complexity index is 1490. The zero-order chi connectivity index (χ0) is 27.5. The summed E-state index contributed by atoms with van der Waals surface area (Å²) in [4.78, 5) is 49.1. The lowest BCUT2D eigenvalue weighted by Crippen LogP contribution is -2.49. The molecule has 1 aromatic carbocycles. The number of nitrogens with one attached hydrogen (secondary N) is 1. The average Bonchev–Trinajstić information content (AvgIpc) is 3.69. The SMILES string of the molecule is CC(=O)c1nn(CC(=O)N2[C@@H]3C[C@@H]3C[C@H]2C(=O)NC[C@H]2CC2(Cl)Cl)c2ccc(OCc3nccc(C)n3)cc12. The number of Topliss-reactive ketones (excluding diaryl/α,β-unsaturated/α-hetero) is 1. The summed E-state index contributed by atoms with van der Waals surface area (Å²) in [5.41, 5.74) is 1.73. The van der Waals surface area contributed by atoms with Gasteiger partial charge in [-0.2, -0.15) is 5.10 Å². The minimum absolute atomic E-state index is 0.0310. The molecule has 0 radical (unpaired) electrons. The number of benzene rings is 1. The van der Waals surface area contributed by atoms with E-state index in [1.807, 2.05) is 13.0 Å². The number of piperidine rings is 1. The summed E-state index contributed by atoms with van der Waals surface area (Å²) in [6.45, 7) is 3.81. The van der Waals surface area contributed by atoms with E-state index in [2.05, 4.69) is 20.4 Å². The number of amides is 2. The molecule has 3 aromatic rings. The first-order chi connectivity index (χ1) is 18.6. The van der Waals surface area contributed by atoms with Crippen LogP contribution < -0.4 is 10.1 Å². The largest absolute Gasteiger partial charge is 0.486 e. The molecule has 204 valence electrons. The Balaban J connectivity index is 1.18. The molecular weight excluding hydrogens is 543 g/mol. The number of fused-ring (bicyclic) bond motifs is 2. The van der Waals surface area contributed by atoms with Gasteiger partial charge in [-0.25, -0.2) is 9.97 Å². The smallest absolute Gasteiger partial charge is 0.245 e. The van der Waals surface area contributed by atoms with Crippen LogP contribution in [0.2, 0.25) is 0 Å². The molecule has 12 heteroatoms. The van der Waals surface area contributed by atoms with Crippen LogP contribution in [0.4, 0.5) is 0 Å². The summed E-state index contributed by atoms with van der Waals surface area (Å²) in [7, 11) is 0. The number of carbonyl (C=O) groups excluding carboxylic acids is 3. The number of halogens is 2. The third-order valence-corrected chi connectivity index (χ3v) is 8.65. The number of ether oxygens (including phenoxy) is 1. The lowest BCUT2D eigenvalue weighted by atomic mass is 10.1. The van der Waals surface area contributed by atoms with Crippen LogP contribution in [0.5, 0.6) is 5.75 Å². The van der Waals surface area contributed by atoms with Crippen LogP contribution in [0.25, 0.3) is 10.9 Å². The number of hydrogen-bond donors (Lipinski definition) is 1. The summed E-state index contributed by atoms with van der Waals surface area (Å²) in [6.07, 6.45) is 3.86. The summed E-state index contributed by atoms with van der Waals surface area (Å²) >= 11 is 12.2. The molecule has 1 saturated heterocycles. The van der Waals surface area contributed by atoms with E-state index < -0.39 is 10.4 Å². The van der Waals surface area contributed by atoms with Gasteiger partial charge in [-0.15, -0.1) is 23.2 Å². The van der Waals surface area contributed by atoms with Crippen LogP contribution in [0.3, 0.4) is 0 Å². The van der Waals surface area contributed by atoms with E-state index >= 15 is 0 Å². The second kappa shape index (κ2) is 9.75. The van der Waals surface area contributed by atoms with Crippen molar-refractivity contribution in [1.82, 2.24) is 30.0 Å². The van der Waals surface area contributed by atoms with E-state index in [0.29, 0.717) is 47.8 Å². The van der Waals surface area contributed by atoms with Crippen molar-refractivity contribution in [1.29, 1.82) is 0 Å². The zero-order valence-electron chi connectivity index (χ0n) is 21.6. The Hall–Kier alpha value is -3.24. The molecule has 4 atom stereocenters. The number of likely N-dealkylation sites (tertiary alicyclic amines) is 1. The first-order valence-electron chi connectivity index (χ1n) is 13.0. The Morgan fingerprint density at radius 1 is 1.21 bits per heavy atom. The van der Waals surface area contributed by atoms with Crippen molar-refractivity contribution in [3.8, 4) is 5.75 Å². The van der Waals surface area contributed by atoms with Gasteiger partial charge >= 0.3 is 0 Å². The van der Waals surface area contributed by atoms with Crippen LogP contribution in [0.1, 0.15) is 48.2 Å². The Labute approximate surface area is 235 Å². The van der Waals surface area contributed by atoms with Crippen LogP contribution in [0.15, 0.2) is 30.5 Å². The summed E-state index contributed by atoms with van der Waals surface area (Å²) in [6, 6.07) is 6.63. The van der Waals surface area contributed by atoms with Crippen molar-refractivity contribution >= 4 is 51.7 Å². The van der Waals surface area contributed by atoms with Crippen molar-refractivity contribution in [2.45, 2.75) is 62.7 Å². The fourth-order valence-corrected chi connectivity index (χ4v) is 5.97. The molecule has 10 nitrogen and oxygen atoms in total. The van der Waals surface area contributed by atoms with E-state index in [1.165, 1.54) is 11.6 Å². The predicted molar refractivity (Wildman–Crippen MR) is 144 cm³/mol. The quantitative estimate of drug-likeness (QED) is 0.310. The van der Waals surface area contributed by atoms with Crippen molar-refractivity contribution in [2.75, 3.05) is 6.54 Å². The monoisotopic (exact) mass is 570 g/mol. The van der Waals surface area contributed by atoms with E-state index in [9.17, 15) is 14.4 Å². The lowest BCUT2D eigenvalue weighted by molar-refractivity contribution is -0.140. The highest BCUT2D eigenvalue weighted by atomic mass is 35.5. The van der Waals surface area contributed by atoms with Crippen LogP contribution >= 0.6 is 23.2 Å². The molecule has 0 spiro atoms. The number of hydrogen-bond acceptors (Lipinski definition) is 7. The maximum atomic E-state index is 13.5. The Kier molecular flexibility index (Phi) is 6.50. The number of ketones is 1. The van der Waals surface area contributed by atoms with Gasteiger partial charge in [0.1, 0.15) is 35.0 Å². The lowest BCUT2D eigenvalue weighted by Gasteiger charge is -2.27.